The van der Waals surface area contributed by atoms with Gasteiger partial charge in [0.05, 0.1) is 13.3 Å². The van der Waals surface area contributed by atoms with Gasteiger partial charge in [-0.25, -0.2) is 8.78 Å². The van der Waals surface area contributed by atoms with Gasteiger partial charge in [-0.3, -0.25) is 0 Å². The molecule has 0 spiro atoms. The highest BCUT2D eigenvalue weighted by atomic mass is 32.2. The lowest BCUT2D eigenvalue weighted by atomic mass is 10.1. The number of rotatable bonds is 8. The number of hydrogen-bond acceptors (Lipinski definition) is 6. The van der Waals surface area contributed by atoms with Crippen LogP contribution in [-0.2, 0) is 6.61 Å². The molecule has 0 aliphatic carbocycles. The molecule has 9 heteroatoms. The van der Waals surface area contributed by atoms with Crippen molar-refractivity contribution >= 4 is 18.0 Å². The second kappa shape index (κ2) is 9.71. The first-order valence-corrected chi connectivity index (χ1v) is 10.3. The van der Waals surface area contributed by atoms with Crippen LogP contribution in [0.25, 0.3) is 0 Å². The number of thioether (sulfide) groups is 1. The number of methoxy groups -OCH3 is 1. The fraction of sp³-hybridized carbons (Fsp3) is 0.286. The Morgan fingerprint density at radius 2 is 1.93 bits per heavy atom. The van der Waals surface area contributed by atoms with E-state index in [0.717, 1.165) is 27.1 Å². The number of ether oxygens (including phenoxy) is 2. The van der Waals surface area contributed by atoms with Crippen molar-refractivity contribution in [3.05, 3.63) is 64.5 Å². The first-order valence-electron chi connectivity index (χ1n) is 9.11. The molecule has 30 heavy (non-hydrogen) atoms. The van der Waals surface area contributed by atoms with Gasteiger partial charge in [-0.05, 0) is 61.1 Å². The summed E-state index contributed by atoms with van der Waals surface area (Å²) in [6.45, 7) is 4.28. The van der Waals surface area contributed by atoms with Crippen molar-refractivity contribution in [3.8, 4) is 11.5 Å². The van der Waals surface area contributed by atoms with E-state index in [9.17, 15) is 8.78 Å². The normalized spacial score (nSPS) is 11.4. The smallest absolute Gasteiger partial charge is 0.299 e. The molecule has 158 valence electrons. The van der Waals surface area contributed by atoms with Gasteiger partial charge in [0.25, 0.3) is 6.43 Å². The average Bonchev–Trinajstić information content (AvgIpc) is 3.16. The third-order valence-electron chi connectivity index (χ3n) is 4.37. The van der Waals surface area contributed by atoms with E-state index in [4.69, 9.17) is 9.47 Å². The molecule has 0 aliphatic rings. The minimum atomic E-state index is -2.77. The maximum Gasteiger partial charge on any atom is 0.299 e. The number of halogens is 2. The number of nitrogens with zero attached hydrogens (tertiary/aromatic N) is 4. The van der Waals surface area contributed by atoms with Crippen LogP contribution in [0.4, 0.5) is 8.78 Å². The first-order chi connectivity index (χ1) is 14.4. The molecule has 0 radical (unpaired) electrons. The number of hydrogen-bond donors (Lipinski definition) is 0. The molecule has 0 N–H and O–H groups in total. The topological polar surface area (TPSA) is 61.5 Å². The summed E-state index contributed by atoms with van der Waals surface area (Å²) >= 11 is 1.19. The van der Waals surface area contributed by atoms with Crippen LogP contribution in [0.15, 0.2) is 46.7 Å². The number of alkyl halides is 2. The van der Waals surface area contributed by atoms with E-state index >= 15 is 0 Å². The molecule has 0 bridgehead atoms. The summed E-state index contributed by atoms with van der Waals surface area (Å²) in [5, 5.41) is 11.7. The SMILES string of the molecule is COc1ccc(C=Nn2c(SC)nnc2C(F)F)cc1COc1cc(C)ccc1C. The Kier molecular flexibility index (Phi) is 7.04. The fourth-order valence-corrected chi connectivity index (χ4v) is 3.22. The molecule has 0 saturated carbocycles. The van der Waals surface area contributed by atoms with Crippen LogP contribution in [0.5, 0.6) is 11.5 Å². The van der Waals surface area contributed by atoms with Crippen molar-refractivity contribution in [1.82, 2.24) is 14.9 Å². The summed E-state index contributed by atoms with van der Waals surface area (Å²) < 4.78 is 38.8. The van der Waals surface area contributed by atoms with Crippen molar-refractivity contribution < 1.29 is 18.3 Å². The lowest BCUT2D eigenvalue weighted by Crippen LogP contribution is -2.03. The molecule has 3 rings (SSSR count). The highest BCUT2D eigenvalue weighted by Crippen LogP contribution is 2.25. The average molecular weight is 432 g/mol. The van der Waals surface area contributed by atoms with Crippen molar-refractivity contribution in [1.29, 1.82) is 0 Å². The van der Waals surface area contributed by atoms with E-state index in [1.807, 2.05) is 38.1 Å². The summed E-state index contributed by atoms with van der Waals surface area (Å²) in [4.78, 5) is 0. The zero-order chi connectivity index (χ0) is 21.7. The minimum Gasteiger partial charge on any atom is -0.496 e. The lowest BCUT2D eigenvalue weighted by Gasteiger charge is -2.13. The summed E-state index contributed by atoms with van der Waals surface area (Å²) in [5.41, 5.74) is 3.66. The van der Waals surface area contributed by atoms with E-state index in [2.05, 4.69) is 15.3 Å². The van der Waals surface area contributed by atoms with Gasteiger partial charge in [0.15, 0.2) is 0 Å². The van der Waals surface area contributed by atoms with Crippen molar-refractivity contribution in [2.75, 3.05) is 13.4 Å². The molecule has 0 atom stereocenters. The van der Waals surface area contributed by atoms with Gasteiger partial charge in [0.1, 0.15) is 18.1 Å². The zero-order valence-corrected chi connectivity index (χ0v) is 17.9. The van der Waals surface area contributed by atoms with Crippen molar-refractivity contribution in [2.24, 2.45) is 5.10 Å². The van der Waals surface area contributed by atoms with Gasteiger partial charge in [0.2, 0.25) is 11.0 Å². The van der Waals surface area contributed by atoms with E-state index in [1.54, 1.807) is 25.5 Å². The molecular weight excluding hydrogens is 410 g/mol. The maximum atomic E-state index is 13.1. The fourth-order valence-electron chi connectivity index (χ4n) is 2.78. The van der Waals surface area contributed by atoms with E-state index in [1.165, 1.54) is 18.0 Å². The predicted molar refractivity (Wildman–Crippen MR) is 113 cm³/mol. The van der Waals surface area contributed by atoms with Gasteiger partial charge >= 0.3 is 0 Å². The van der Waals surface area contributed by atoms with E-state index in [0.29, 0.717) is 17.9 Å². The molecule has 0 amide bonds. The van der Waals surface area contributed by atoms with E-state index < -0.39 is 12.2 Å². The van der Waals surface area contributed by atoms with Crippen LogP contribution in [-0.4, -0.2) is 34.5 Å². The Bertz CT molecular complexity index is 1050. The van der Waals surface area contributed by atoms with Gasteiger partial charge in [-0.2, -0.15) is 9.78 Å². The van der Waals surface area contributed by atoms with Crippen LogP contribution >= 0.6 is 11.8 Å². The van der Waals surface area contributed by atoms with Crippen molar-refractivity contribution in [2.45, 2.75) is 32.0 Å². The lowest BCUT2D eigenvalue weighted by molar-refractivity contribution is 0.135. The number of benzene rings is 2. The molecule has 0 aliphatic heterocycles. The van der Waals surface area contributed by atoms with Gasteiger partial charge in [0, 0.05) is 5.56 Å². The van der Waals surface area contributed by atoms with Gasteiger partial charge in [-0.15, -0.1) is 10.2 Å². The first kappa shape index (κ1) is 21.8. The molecule has 0 fully saturated rings. The largest absolute Gasteiger partial charge is 0.496 e. The molecule has 0 unspecified atom stereocenters. The number of aryl methyl sites for hydroxylation is 2. The number of aromatic nitrogens is 3. The third-order valence-corrected chi connectivity index (χ3v) is 4.99. The monoisotopic (exact) mass is 432 g/mol. The van der Waals surface area contributed by atoms with Crippen LogP contribution in [0.3, 0.4) is 0 Å². The van der Waals surface area contributed by atoms with Crippen LogP contribution < -0.4 is 9.47 Å². The molecule has 0 saturated heterocycles. The standard InChI is InChI=1S/C21H22F2N4O2S/c1-13-5-6-14(2)18(9-13)29-12-16-10-15(7-8-17(16)28-3)11-24-27-20(19(22)23)25-26-21(27)30-4/h5-11,19H,12H2,1-4H3. The molecular formula is C21H22F2N4O2S. The highest BCUT2D eigenvalue weighted by molar-refractivity contribution is 7.98. The Labute approximate surface area is 177 Å². The van der Waals surface area contributed by atoms with E-state index in [-0.39, 0.29) is 5.16 Å². The maximum absolute atomic E-state index is 13.1. The minimum absolute atomic E-state index is 0.286. The zero-order valence-electron chi connectivity index (χ0n) is 17.1. The Hall–Kier alpha value is -2.94. The second-order valence-corrected chi connectivity index (χ2v) is 7.30. The molecule has 1 heterocycles. The van der Waals surface area contributed by atoms with Crippen LogP contribution in [0.1, 0.15) is 34.5 Å². The summed E-state index contributed by atoms with van der Waals surface area (Å²) in [5.74, 6) is 0.967. The highest BCUT2D eigenvalue weighted by Gasteiger charge is 2.19. The van der Waals surface area contributed by atoms with Gasteiger partial charge in [-0.1, -0.05) is 23.9 Å². The second-order valence-electron chi connectivity index (χ2n) is 6.53. The van der Waals surface area contributed by atoms with Crippen LogP contribution in [0, 0.1) is 13.8 Å². The van der Waals surface area contributed by atoms with Crippen molar-refractivity contribution in [3.63, 3.8) is 0 Å². The molecule has 1 aromatic heterocycles. The summed E-state index contributed by atoms with van der Waals surface area (Å²) in [6.07, 6.45) is 0.435. The van der Waals surface area contributed by atoms with Gasteiger partial charge < -0.3 is 9.47 Å². The molecule has 2 aromatic carbocycles. The quantitative estimate of drug-likeness (QED) is 0.369. The Balaban J connectivity index is 1.85. The molecule has 3 aromatic rings. The third kappa shape index (κ3) is 4.96. The summed E-state index contributed by atoms with van der Waals surface area (Å²) in [6, 6.07) is 11.4. The Morgan fingerprint density at radius 1 is 1.13 bits per heavy atom. The predicted octanol–water partition coefficient (Wildman–Crippen LogP) is 5.02. The molecule has 6 nitrogen and oxygen atoms in total. The van der Waals surface area contributed by atoms with Crippen LogP contribution in [0.2, 0.25) is 0 Å². The Morgan fingerprint density at radius 3 is 2.63 bits per heavy atom. The summed E-state index contributed by atoms with van der Waals surface area (Å²) in [7, 11) is 1.58.